The molecule has 0 saturated heterocycles. The van der Waals surface area contributed by atoms with Crippen molar-refractivity contribution in [1.82, 2.24) is 5.16 Å². The normalized spacial score (nSPS) is 12.4. The minimum absolute atomic E-state index is 0.0501. The molecule has 0 saturated carbocycles. The topological polar surface area (TPSA) is 61.3 Å². The molecule has 0 aliphatic carbocycles. The summed E-state index contributed by atoms with van der Waals surface area (Å²) in [4.78, 5) is 0. The molecule has 0 aliphatic rings. The number of benzene rings is 1. The second-order valence-corrected chi connectivity index (χ2v) is 3.59. The summed E-state index contributed by atoms with van der Waals surface area (Å²) in [6, 6.07) is 9.44. The van der Waals surface area contributed by atoms with Gasteiger partial charge >= 0.3 is 0 Å². The highest BCUT2D eigenvalue weighted by Gasteiger charge is 2.07. The standard InChI is InChI=1S/C12H14N2O2/c1-9(13)11-4-2-3-5-12(11)15-8-10-6-7-14-16-10/h2-7,9H,8,13H2,1H3/t9-/m0/s1. The molecule has 0 bridgehead atoms. The summed E-state index contributed by atoms with van der Waals surface area (Å²) >= 11 is 0. The molecule has 16 heavy (non-hydrogen) atoms. The van der Waals surface area contributed by atoms with Crippen LogP contribution in [-0.4, -0.2) is 5.16 Å². The van der Waals surface area contributed by atoms with Gasteiger partial charge in [-0.2, -0.15) is 0 Å². The highest BCUT2D eigenvalue weighted by Crippen LogP contribution is 2.23. The average molecular weight is 218 g/mol. The maximum absolute atomic E-state index is 5.85. The fraction of sp³-hybridized carbons (Fsp3) is 0.250. The Balaban J connectivity index is 2.09. The first-order chi connectivity index (χ1) is 7.77. The minimum Gasteiger partial charge on any atom is -0.485 e. The Morgan fingerprint density at radius 2 is 2.19 bits per heavy atom. The fourth-order valence-electron chi connectivity index (χ4n) is 1.45. The van der Waals surface area contributed by atoms with Gasteiger partial charge in [0, 0.05) is 17.7 Å². The first-order valence-corrected chi connectivity index (χ1v) is 5.14. The van der Waals surface area contributed by atoms with Gasteiger partial charge in [0.1, 0.15) is 12.4 Å². The van der Waals surface area contributed by atoms with Gasteiger partial charge in [-0.05, 0) is 13.0 Å². The molecule has 2 aromatic rings. The Morgan fingerprint density at radius 3 is 2.88 bits per heavy atom. The zero-order valence-corrected chi connectivity index (χ0v) is 9.09. The van der Waals surface area contributed by atoms with E-state index < -0.39 is 0 Å². The van der Waals surface area contributed by atoms with Crippen molar-refractivity contribution in [1.29, 1.82) is 0 Å². The van der Waals surface area contributed by atoms with Gasteiger partial charge in [-0.3, -0.25) is 0 Å². The van der Waals surface area contributed by atoms with Crippen molar-refractivity contribution in [2.45, 2.75) is 19.6 Å². The predicted molar refractivity (Wildman–Crippen MR) is 59.9 cm³/mol. The van der Waals surface area contributed by atoms with E-state index >= 15 is 0 Å². The van der Waals surface area contributed by atoms with Gasteiger partial charge in [0.25, 0.3) is 0 Å². The lowest BCUT2D eigenvalue weighted by molar-refractivity contribution is 0.246. The fourth-order valence-corrected chi connectivity index (χ4v) is 1.45. The van der Waals surface area contributed by atoms with Crippen LogP contribution in [0.4, 0.5) is 0 Å². The number of rotatable bonds is 4. The molecule has 2 N–H and O–H groups in total. The number of ether oxygens (including phenoxy) is 1. The SMILES string of the molecule is C[C@H](N)c1ccccc1OCc1ccno1. The Kier molecular flexibility index (Phi) is 3.22. The lowest BCUT2D eigenvalue weighted by Crippen LogP contribution is -2.07. The molecule has 4 heteroatoms. The molecular formula is C12H14N2O2. The van der Waals surface area contributed by atoms with Crippen LogP contribution in [0.1, 0.15) is 24.3 Å². The molecule has 2 rings (SSSR count). The van der Waals surface area contributed by atoms with E-state index in [0.717, 1.165) is 11.3 Å². The second kappa shape index (κ2) is 4.81. The van der Waals surface area contributed by atoms with Crippen molar-refractivity contribution >= 4 is 0 Å². The monoisotopic (exact) mass is 218 g/mol. The molecule has 1 atom stereocenters. The van der Waals surface area contributed by atoms with Crippen LogP contribution < -0.4 is 10.5 Å². The average Bonchev–Trinajstić information content (AvgIpc) is 2.79. The van der Waals surface area contributed by atoms with Gasteiger partial charge < -0.3 is 15.0 Å². The maximum atomic E-state index is 5.85. The van der Waals surface area contributed by atoms with Gasteiger partial charge in [0.2, 0.25) is 0 Å². The summed E-state index contributed by atoms with van der Waals surface area (Å²) < 4.78 is 10.6. The molecule has 0 spiro atoms. The molecule has 4 nitrogen and oxygen atoms in total. The van der Waals surface area contributed by atoms with E-state index in [4.69, 9.17) is 15.0 Å². The quantitative estimate of drug-likeness (QED) is 0.855. The third-order valence-corrected chi connectivity index (χ3v) is 2.27. The second-order valence-electron chi connectivity index (χ2n) is 3.59. The highest BCUT2D eigenvalue weighted by atomic mass is 16.5. The van der Waals surface area contributed by atoms with Crippen LogP contribution in [0.2, 0.25) is 0 Å². The van der Waals surface area contributed by atoms with Crippen molar-refractivity contribution in [3.05, 3.63) is 47.9 Å². The molecule has 0 fully saturated rings. The summed E-state index contributed by atoms with van der Waals surface area (Å²) in [6.45, 7) is 2.29. The van der Waals surface area contributed by atoms with E-state index in [1.165, 1.54) is 0 Å². The maximum Gasteiger partial charge on any atom is 0.174 e. The largest absolute Gasteiger partial charge is 0.485 e. The third kappa shape index (κ3) is 2.41. The van der Waals surface area contributed by atoms with Crippen LogP contribution in [0.25, 0.3) is 0 Å². The van der Waals surface area contributed by atoms with Crippen LogP contribution in [-0.2, 0) is 6.61 Å². The molecule has 1 aromatic carbocycles. The van der Waals surface area contributed by atoms with Crippen LogP contribution in [0.5, 0.6) is 5.75 Å². The number of nitrogens with zero attached hydrogens (tertiary/aromatic N) is 1. The lowest BCUT2D eigenvalue weighted by Gasteiger charge is -2.12. The van der Waals surface area contributed by atoms with Crippen molar-refractivity contribution in [2.24, 2.45) is 5.73 Å². The van der Waals surface area contributed by atoms with E-state index in [9.17, 15) is 0 Å². The molecule has 84 valence electrons. The van der Waals surface area contributed by atoms with Crippen molar-refractivity contribution in [3.8, 4) is 5.75 Å². The zero-order chi connectivity index (χ0) is 11.4. The Hall–Kier alpha value is -1.81. The zero-order valence-electron chi connectivity index (χ0n) is 9.09. The number of para-hydroxylation sites is 1. The lowest BCUT2D eigenvalue weighted by atomic mass is 10.1. The van der Waals surface area contributed by atoms with Crippen molar-refractivity contribution in [3.63, 3.8) is 0 Å². The van der Waals surface area contributed by atoms with Crippen LogP contribution in [0.15, 0.2) is 41.1 Å². The minimum atomic E-state index is -0.0501. The van der Waals surface area contributed by atoms with Crippen molar-refractivity contribution < 1.29 is 9.26 Å². The van der Waals surface area contributed by atoms with Gasteiger partial charge in [0.15, 0.2) is 5.76 Å². The summed E-state index contributed by atoms with van der Waals surface area (Å²) in [5, 5.41) is 3.61. The number of nitrogens with two attached hydrogens (primary N) is 1. The summed E-state index contributed by atoms with van der Waals surface area (Å²) in [5.74, 6) is 1.48. The number of aromatic nitrogens is 1. The van der Waals surface area contributed by atoms with Crippen LogP contribution >= 0.6 is 0 Å². The van der Waals surface area contributed by atoms with Crippen molar-refractivity contribution in [2.75, 3.05) is 0 Å². The first kappa shape index (κ1) is 10.7. The van der Waals surface area contributed by atoms with Gasteiger partial charge in [-0.15, -0.1) is 0 Å². The van der Waals surface area contributed by atoms with E-state index in [-0.39, 0.29) is 6.04 Å². The van der Waals surface area contributed by atoms with E-state index in [1.54, 1.807) is 12.3 Å². The predicted octanol–water partition coefficient (Wildman–Crippen LogP) is 2.27. The van der Waals surface area contributed by atoms with Gasteiger partial charge in [-0.1, -0.05) is 23.4 Å². The molecular weight excluding hydrogens is 204 g/mol. The number of hydrogen-bond acceptors (Lipinski definition) is 4. The summed E-state index contributed by atoms with van der Waals surface area (Å²) in [6.07, 6.45) is 1.59. The first-order valence-electron chi connectivity index (χ1n) is 5.14. The third-order valence-electron chi connectivity index (χ3n) is 2.27. The summed E-state index contributed by atoms with van der Waals surface area (Å²) in [7, 11) is 0. The molecule has 1 aromatic heterocycles. The number of hydrogen-bond donors (Lipinski definition) is 1. The Morgan fingerprint density at radius 1 is 1.38 bits per heavy atom. The smallest absolute Gasteiger partial charge is 0.174 e. The molecule has 0 aliphatic heterocycles. The Bertz CT molecular complexity index is 438. The Labute approximate surface area is 94.0 Å². The summed E-state index contributed by atoms with van der Waals surface area (Å²) in [5.41, 5.74) is 6.84. The molecule has 0 unspecified atom stereocenters. The highest BCUT2D eigenvalue weighted by molar-refractivity contribution is 5.35. The molecule has 1 heterocycles. The van der Waals surface area contributed by atoms with E-state index in [0.29, 0.717) is 12.4 Å². The van der Waals surface area contributed by atoms with E-state index in [2.05, 4.69) is 5.16 Å². The van der Waals surface area contributed by atoms with Gasteiger partial charge in [-0.25, -0.2) is 0 Å². The van der Waals surface area contributed by atoms with E-state index in [1.807, 2.05) is 31.2 Å². The van der Waals surface area contributed by atoms with Gasteiger partial charge in [0.05, 0.1) is 6.20 Å². The van der Waals surface area contributed by atoms with Crippen LogP contribution in [0, 0.1) is 0 Å². The molecule has 0 amide bonds. The van der Waals surface area contributed by atoms with Crippen LogP contribution in [0.3, 0.4) is 0 Å². The molecule has 0 radical (unpaired) electrons.